The van der Waals surface area contributed by atoms with E-state index in [9.17, 15) is 9.59 Å². The number of carbonyl (C=O) groups excluding carboxylic acids is 2. The molecule has 1 aromatic heterocycles. The van der Waals surface area contributed by atoms with Crippen molar-refractivity contribution in [1.82, 2.24) is 15.2 Å². The van der Waals surface area contributed by atoms with Gasteiger partial charge in [-0.3, -0.25) is 9.59 Å². The van der Waals surface area contributed by atoms with Crippen LogP contribution in [0.3, 0.4) is 0 Å². The van der Waals surface area contributed by atoms with Gasteiger partial charge >= 0.3 is 0 Å². The van der Waals surface area contributed by atoms with Crippen molar-refractivity contribution in [2.45, 2.75) is 31.3 Å². The van der Waals surface area contributed by atoms with Gasteiger partial charge in [0, 0.05) is 37.2 Å². The summed E-state index contributed by atoms with van der Waals surface area (Å²) in [6.07, 6.45) is 3.49. The number of aromatic nitrogens is 1. The summed E-state index contributed by atoms with van der Waals surface area (Å²) in [7, 11) is 0. The van der Waals surface area contributed by atoms with E-state index in [0.717, 1.165) is 36.6 Å². The maximum absolute atomic E-state index is 13.1. The van der Waals surface area contributed by atoms with Crippen molar-refractivity contribution in [2.24, 2.45) is 5.92 Å². The molecule has 0 saturated carbocycles. The first-order valence-corrected chi connectivity index (χ1v) is 11.7. The van der Waals surface area contributed by atoms with Gasteiger partial charge in [-0.15, -0.1) is 0 Å². The molecule has 6 heteroatoms. The maximum atomic E-state index is 13.1. The average molecular weight is 444 g/mol. The second-order valence-electron chi connectivity index (χ2n) is 9.15. The number of ether oxygens (including phenoxy) is 1. The van der Waals surface area contributed by atoms with Gasteiger partial charge in [0.05, 0.1) is 11.1 Å². The number of benzene rings is 2. The zero-order valence-electron chi connectivity index (χ0n) is 18.7. The number of pyridine rings is 1. The van der Waals surface area contributed by atoms with Crippen LogP contribution in [0.2, 0.25) is 0 Å². The SMILES string of the molecule is O=C(NCC1CCOC2(CCN(C(=O)c3ccc4ccccc4n3)CC2)C1)c1ccccc1. The van der Waals surface area contributed by atoms with Gasteiger partial charge < -0.3 is 15.0 Å². The molecule has 1 unspecified atom stereocenters. The van der Waals surface area contributed by atoms with E-state index in [0.29, 0.717) is 43.4 Å². The number of piperidine rings is 1. The number of rotatable bonds is 4. The first kappa shape index (κ1) is 21.6. The van der Waals surface area contributed by atoms with Gasteiger partial charge in [-0.2, -0.15) is 0 Å². The first-order chi connectivity index (χ1) is 16.1. The minimum atomic E-state index is -0.200. The van der Waals surface area contributed by atoms with Crippen molar-refractivity contribution in [3.05, 3.63) is 78.0 Å². The highest BCUT2D eigenvalue weighted by molar-refractivity contribution is 5.95. The van der Waals surface area contributed by atoms with Gasteiger partial charge in [-0.05, 0) is 55.9 Å². The van der Waals surface area contributed by atoms with E-state index < -0.39 is 0 Å². The van der Waals surface area contributed by atoms with Gasteiger partial charge in [-0.25, -0.2) is 4.98 Å². The summed E-state index contributed by atoms with van der Waals surface area (Å²) in [6.45, 7) is 2.68. The third-order valence-electron chi connectivity index (χ3n) is 6.96. The lowest BCUT2D eigenvalue weighted by atomic mass is 9.79. The van der Waals surface area contributed by atoms with Gasteiger partial charge in [0.25, 0.3) is 11.8 Å². The number of likely N-dealkylation sites (tertiary alicyclic amines) is 1. The normalized spacial score (nSPS) is 20.0. The van der Waals surface area contributed by atoms with E-state index in [1.165, 1.54) is 0 Å². The topological polar surface area (TPSA) is 71.5 Å². The van der Waals surface area contributed by atoms with Crippen molar-refractivity contribution in [1.29, 1.82) is 0 Å². The van der Waals surface area contributed by atoms with Crippen LogP contribution in [0.1, 0.15) is 46.5 Å². The molecule has 1 N–H and O–H groups in total. The molecule has 3 aromatic rings. The van der Waals surface area contributed by atoms with Crippen LogP contribution in [0, 0.1) is 5.92 Å². The third kappa shape index (κ3) is 4.76. The quantitative estimate of drug-likeness (QED) is 0.660. The molecule has 33 heavy (non-hydrogen) atoms. The summed E-state index contributed by atoms with van der Waals surface area (Å²) >= 11 is 0. The Morgan fingerprint density at radius 2 is 1.76 bits per heavy atom. The van der Waals surface area contributed by atoms with Crippen LogP contribution in [0.25, 0.3) is 10.9 Å². The molecule has 1 atom stereocenters. The van der Waals surface area contributed by atoms with E-state index >= 15 is 0 Å². The molecule has 6 nitrogen and oxygen atoms in total. The van der Waals surface area contributed by atoms with Gasteiger partial charge in [-0.1, -0.05) is 42.5 Å². The van der Waals surface area contributed by atoms with Crippen LogP contribution < -0.4 is 5.32 Å². The number of fused-ring (bicyclic) bond motifs is 1. The molecule has 1 spiro atoms. The number of para-hydroxylation sites is 1. The number of carbonyl (C=O) groups is 2. The number of nitrogens with one attached hydrogen (secondary N) is 1. The molecule has 5 rings (SSSR count). The molecule has 2 aromatic carbocycles. The highest BCUT2D eigenvalue weighted by Crippen LogP contribution is 2.37. The van der Waals surface area contributed by atoms with Crippen LogP contribution in [-0.2, 0) is 4.74 Å². The minimum Gasteiger partial charge on any atom is -0.375 e. The molecule has 2 aliphatic heterocycles. The van der Waals surface area contributed by atoms with Gasteiger partial charge in [0.2, 0.25) is 0 Å². The van der Waals surface area contributed by atoms with E-state index in [2.05, 4.69) is 10.3 Å². The monoisotopic (exact) mass is 443 g/mol. The van der Waals surface area contributed by atoms with Gasteiger partial charge in [0.1, 0.15) is 5.69 Å². The lowest BCUT2D eigenvalue weighted by Crippen LogP contribution is -2.51. The molecule has 2 aliphatic rings. The standard InChI is InChI=1S/C27H29N3O3/c31-25(22-7-2-1-3-8-22)28-19-20-12-17-33-27(18-20)13-15-30(16-14-27)26(32)24-11-10-21-6-4-5-9-23(21)29-24/h1-11,20H,12-19H2,(H,28,31). The van der Waals surface area contributed by atoms with Crippen LogP contribution in [-0.4, -0.2) is 53.5 Å². The molecule has 0 aliphatic carbocycles. The van der Waals surface area contributed by atoms with E-state index in [1.54, 1.807) is 0 Å². The molecule has 0 bridgehead atoms. The van der Waals surface area contributed by atoms with Crippen molar-refractivity contribution in [2.75, 3.05) is 26.2 Å². The minimum absolute atomic E-state index is 0.0157. The summed E-state index contributed by atoms with van der Waals surface area (Å²) in [5.74, 6) is 0.341. The summed E-state index contributed by atoms with van der Waals surface area (Å²) in [5.41, 5.74) is 1.82. The molecule has 2 fully saturated rings. The molecule has 170 valence electrons. The van der Waals surface area contributed by atoms with Crippen LogP contribution in [0.5, 0.6) is 0 Å². The Morgan fingerprint density at radius 3 is 2.58 bits per heavy atom. The molecule has 3 heterocycles. The molecular formula is C27H29N3O3. The molecule has 2 amide bonds. The number of nitrogens with zero attached hydrogens (tertiary/aromatic N) is 2. The van der Waals surface area contributed by atoms with Crippen LogP contribution in [0.15, 0.2) is 66.7 Å². The number of hydrogen-bond donors (Lipinski definition) is 1. The Morgan fingerprint density at radius 1 is 1.00 bits per heavy atom. The Hall–Kier alpha value is -3.25. The summed E-state index contributed by atoms with van der Waals surface area (Å²) in [4.78, 5) is 31.9. The zero-order chi connectivity index (χ0) is 22.7. The maximum Gasteiger partial charge on any atom is 0.272 e. The van der Waals surface area contributed by atoms with Crippen molar-refractivity contribution in [3.8, 4) is 0 Å². The third-order valence-corrected chi connectivity index (χ3v) is 6.96. The highest BCUT2D eigenvalue weighted by Gasteiger charge is 2.41. The second-order valence-corrected chi connectivity index (χ2v) is 9.15. The number of hydrogen-bond acceptors (Lipinski definition) is 4. The fraction of sp³-hybridized carbons (Fsp3) is 0.370. The van der Waals surface area contributed by atoms with E-state index in [1.807, 2.05) is 71.6 Å². The fourth-order valence-corrected chi connectivity index (χ4v) is 5.04. The van der Waals surface area contributed by atoms with Crippen LogP contribution in [0.4, 0.5) is 0 Å². The second kappa shape index (κ2) is 9.32. The predicted molar refractivity (Wildman–Crippen MR) is 127 cm³/mol. The zero-order valence-corrected chi connectivity index (χ0v) is 18.7. The smallest absolute Gasteiger partial charge is 0.272 e. The molecule has 0 radical (unpaired) electrons. The summed E-state index contributed by atoms with van der Waals surface area (Å²) < 4.78 is 6.25. The Labute approximate surface area is 194 Å². The number of amides is 2. The Balaban J connectivity index is 1.17. The van der Waals surface area contributed by atoms with E-state index in [4.69, 9.17) is 4.74 Å². The lowest BCUT2D eigenvalue weighted by molar-refractivity contribution is -0.122. The molecule has 2 saturated heterocycles. The van der Waals surface area contributed by atoms with Crippen LogP contribution >= 0.6 is 0 Å². The van der Waals surface area contributed by atoms with Gasteiger partial charge in [0.15, 0.2) is 0 Å². The predicted octanol–water partition coefficient (Wildman–Crippen LogP) is 4.07. The molecular weight excluding hydrogens is 414 g/mol. The van der Waals surface area contributed by atoms with E-state index in [-0.39, 0.29) is 17.4 Å². The average Bonchev–Trinajstić information content (AvgIpc) is 2.88. The largest absolute Gasteiger partial charge is 0.375 e. The van der Waals surface area contributed by atoms with Crippen molar-refractivity contribution < 1.29 is 14.3 Å². The summed E-state index contributed by atoms with van der Waals surface area (Å²) in [5, 5.41) is 4.12. The Kier molecular flexibility index (Phi) is 6.09. The lowest BCUT2D eigenvalue weighted by Gasteiger charge is -2.46. The highest BCUT2D eigenvalue weighted by atomic mass is 16.5. The Bertz CT molecular complexity index is 1140. The first-order valence-electron chi connectivity index (χ1n) is 11.7. The van der Waals surface area contributed by atoms with Crippen molar-refractivity contribution >= 4 is 22.7 Å². The van der Waals surface area contributed by atoms with Crippen molar-refractivity contribution in [3.63, 3.8) is 0 Å². The summed E-state index contributed by atoms with van der Waals surface area (Å²) in [6, 6.07) is 20.9. The fourth-order valence-electron chi connectivity index (χ4n) is 5.04.